The van der Waals surface area contributed by atoms with Gasteiger partial charge in [-0.25, -0.2) is 9.78 Å². The summed E-state index contributed by atoms with van der Waals surface area (Å²) >= 11 is 1.16. The Balaban J connectivity index is 2.82. The van der Waals surface area contributed by atoms with Crippen LogP contribution in [0.4, 0.5) is 0 Å². The van der Waals surface area contributed by atoms with Crippen LogP contribution in [0.3, 0.4) is 0 Å². The number of carbonyl (C=O) groups is 2. The Morgan fingerprint density at radius 3 is 2.65 bits per heavy atom. The number of amides is 1. The van der Waals surface area contributed by atoms with Crippen molar-refractivity contribution in [2.24, 2.45) is 0 Å². The van der Waals surface area contributed by atoms with Gasteiger partial charge in [-0.2, -0.15) is 0 Å². The number of nitrogens with zero attached hydrogens (tertiary/aromatic N) is 1. The lowest BCUT2D eigenvalue weighted by molar-refractivity contribution is -0.119. The van der Waals surface area contributed by atoms with E-state index in [-0.39, 0.29) is 23.3 Å². The summed E-state index contributed by atoms with van der Waals surface area (Å²) in [7, 11) is 0. The lowest BCUT2D eigenvalue weighted by atomic mass is 10.1. The largest absolute Gasteiger partial charge is 0.478 e. The molecule has 1 atom stereocenters. The van der Waals surface area contributed by atoms with Crippen LogP contribution in [0.25, 0.3) is 0 Å². The van der Waals surface area contributed by atoms with E-state index in [0.29, 0.717) is 10.6 Å². The summed E-state index contributed by atoms with van der Waals surface area (Å²) in [5, 5.41) is 12.5. The fraction of sp³-hybridized carbons (Fsp3) is 0.500. The molecule has 0 bridgehead atoms. The van der Waals surface area contributed by atoms with E-state index in [0.717, 1.165) is 23.9 Å². The molecule has 1 aromatic rings. The molecule has 0 aliphatic carbocycles. The summed E-state index contributed by atoms with van der Waals surface area (Å²) in [6.45, 7) is 7.47. The number of aromatic carboxylic acids is 1. The van der Waals surface area contributed by atoms with E-state index in [1.165, 1.54) is 0 Å². The van der Waals surface area contributed by atoms with E-state index < -0.39 is 5.97 Å². The first-order valence-electron chi connectivity index (χ1n) is 6.48. The van der Waals surface area contributed by atoms with Crippen molar-refractivity contribution in [2.45, 2.75) is 45.2 Å². The molecule has 0 aliphatic rings. The van der Waals surface area contributed by atoms with Crippen LogP contribution in [-0.2, 0) is 4.79 Å². The van der Waals surface area contributed by atoms with E-state index in [1.807, 2.05) is 20.8 Å². The standard InChI is InChI=1S/C14H20N2O3S/c1-5-9(3)15-11(17)7-20-13-12(14(18)19)8(2)6-10(4)16-13/h6,9H,5,7H2,1-4H3,(H,15,17)(H,18,19). The Bertz CT molecular complexity index is 517. The third kappa shape index (κ3) is 4.52. The average Bonchev–Trinajstić information content (AvgIpc) is 2.34. The van der Waals surface area contributed by atoms with Crippen molar-refractivity contribution in [3.8, 4) is 0 Å². The van der Waals surface area contributed by atoms with Gasteiger partial charge in [-0.1, -0.05) is 18.7 Å². The third-order valence-corrected chi connectivity index (χ3v) is 3.86. The lowest BCUT2D eigenvalue weighted by Gasteiger charge is -2.12. The van der Waals surface area contributed by atoms with Crippen LogP contribution in [0.15, 0.2) is 11.1 Å². The predicted octanol–water partition coefficient (Wildman–Crippen LogP) is 2.40. The highest BCUT2D eigenvalue weighted by Gasteiger charge is 2.17. The molecule has 1 aromatic heterocycles. The molecule has 2 N–H and O–H groups in total. The molecule has 0 aromatic carbocycles. The maximum atomic E-state index is 11.7. The second kappa shape index (κ2) is 7.28. The first-order chi connectivity index (χ1) is 9.35. The number of rotatable bonds is 6. The number of hydrogen-bond donors (Lipinski definition) is 2. The third-order valence-electron chi connectivity index (χ3n) is 2.89. The van der Waals surface area contributed by atoms with Gasteiger partial charge >= 0.3 is 5.97 Å². The second-order valence-corrected chi connectivity index (χ2v) is 5.70. The fourth-order valence-electron chi connectivity index (χ4n) is 1.72. The minimum absolute atomic E-state index is 0.110. The van der Waals surface area contributed by atoms with Gasteiger partial charge < -0.3 is 10.4 Å². The molecule has 0 fully saturated rings. The number of pyridine rings is 1. The Labute approximate surface area is 123 Å². The summed E-state index contributed by atoms with van der Waals surface area (Å²) in [6, 6.07) is 1.85. The predicted molar refractivity (Wildman–Crippen MR) is 79.3 cm³/mol. The highest BCUT2D eigenvalue weighted by Crippen LogP contribution is 2.24. The number of carboxylic acids is 1. The van der Waals surface area contributed by atoms with Gasteiger partial charge in [0.15, 0.2) is 0 Å². The zero-order valence-electron chi connectivity index (χ0n) is 12.2. The molecule has 20 heavy (non-hydrogen) atoms. The van der Waals surface area contributed by atoms with Gasteiger partial charge in [-0.3, -0.25) is 4.79 Å². The van der Waals surface area contributed by atoms with Crippen LogP contribution in [0, 0.1) is 13.8 Å². The number of nitrogens with one attached hydrogen (secondary N) is 1. The zero-order chi connectivity index (χ0) is 15.3. The van der Waals surface area contributed by atoms with Crippen molar-refractivity contribution in [3.05, 3.63) is 22.9 Å². The van der Waals surface area contributed by atoms with Gasteiger partial charge in [0.05, 0.1) is 11.3 Å². The summed E-state index contributed by atoms with van der Waals surface area (Å²) < 4.78 is 0. The van der Waals surface area contributed by atoms with E-state index in [9.17, 15) is 14.7 Å². The molecule has 110 valence electrons. The van der Waals surface area contributed by atoms with E-state index >= 15 is 0 Å². The molecular formula is C14H20N2O3S. The number of carbonyl (C=O) groups excluding carboxylic acids is 1. The van der Waals surface area contributed by atoms with Gasteiger partial charge in [-0.05, 0) is 38.8 Å². The minimum Gasteiger partial charge on any atom is -0.478 e. The average molecular weight is 296 g/mol. The van der Waals surface area contributed by atoms with Crippen molar-refractivity contribution in [3.63, 3.8) is 0 Å². The maximum Gasteiger partial charge on any atom is 0.338 e. The zero-order valence-corrected chi connectivity index (χ0v) is 13.0. The van der Waals surface area contributed by atoms with Crippen LogP contribution in [0.5, 0.6) is 0 Å². The van der Waals surface area contributed by atoms with Gasteiger partial charge in [0.25, 0.3) is 0 Å². The Morgan fingerprint density at radius 1 is 1.45 bits per heavy atom. The second-order valence-electron chi connectivity index (χ2n) is 4.73. The quantitative estimate of drug-likeness (QED) is 0.788. The van der Waals surface area contributed by atoms with Gasteiger partial charge in [0.1, 0.15) is 5.03 Å². The summed E-state index contributed by atoms with van der Waals surface area (Å²) in [6.07, 6.45) is 0.860. The maximum absolute atomic E-state index is 11.7. The fourth-order valence-corrected chi connectivity index (χ4v) is 2.67. The van der Waals surface area contributed by atoms with E-state index in [1.54, 1.807) is 13.0 Å². The SMILES string of the molecule is CCC(C)NC(=O)CSc1nc(C)cc(C)c1C(=O)O. The van der Waals surface area contributed by atoms with Crippen LogP contribution in [0.2, 0.25) is 0 Å². The topological polar surface area (TPSA) is 79.3 Å². The van der Waals surface area contributed by atoms with E-state index in [2.05, 4.69) is 10.3 Å². The Morgan fingerprint density at radius 2 is 2.10 bits per heavy atom. The number of carboxylic acid groups (broad SMARTS) is 1. The van der Waals surface area contributed by atoms with Crippen molar-refractivity contribution in [1.29, 1.82) is 0 Å². The number of aryl methyl sites for hydroxylation is 2. The molecule has 0 radical (unpaired) electrons. The van der Waals surface area contributed by atoms with Crippen molar-refractivity contribution < 1.29 is 14.7 Å². The van der Waals surface area contributed by atoms with Crippen molar-refractivity contribution in [1.82, 2.24) is 10.3 Å². The highest BCUT2D eigenvalue weighted by molar-refractivity contribution is 8.00. The minimum atomic E-state index is -1.01. The molecule has 5 nitrogen and oxygen atoms in total. The highest BCUT2D eigenvalue weighted by atomic mass is 32.2. The summed E-state index contributed by atoms with van der Waals surface area (Å²) in [5.41, 5.74) is 1.59. The lowest BCUT2D eigenvalue weighted by Crippen LogP contribution is -2.33. The smallest absolute Gasteiger partial charge is 0.338 e. The van der Waals surface area contributed by atoms with Crippen LogP contribution in [-0.4, -0.2) is 33.8 Å². The first kappa shape index (κ1) is 16.5. The molecule has 1 heterocycles. The van der Waals surface area contributed by atoms with Crippen LogP contribution in [0.1, 0.15) is 41.9 Å². The molecule has 1 rings (SSSR count). The van der Waals surface area contributed by atoms with E-state index in [4.69, 9.17) is 0 Å². The molecule has 0 saturated heterocycles. The molecule has 0 aliphatic heterocycles. The molecule has 1 unspecified atom stereocenters. The van der Waals surface area contributed by atoms with Gasteiger partial charge in [0, 0.05) is 11.7 Å². The number of hydrogen-bond acceptors (Lipinski definition) is 4. The number of aromatic nitrogens is 1. The van der Waals surface area contributed by atoms with Crippen LogP contribution >= 0.6 is 11.8 Å². The first-order valence-corrected chi connectivity index (χ1v) is 7.47. The van der Waals surface area contributed by atoms with Crippen molar-refractivity contribution in [2.75, 3.05) is 5.75 Å². The summed E-state index contributed by atoms with van der Waals surface area (Å²) in [5.74, 6) is -0.956. The van der Waals surface area contributed by atoms with Crippen molar-refractivity contribution >= 4 is 23.6 Å². The Kier molecular flexibility index (Phi) is 6.01. The number of thioether (sulfide) groups is 1. The van der Waals surface area contributed by atoms with Gasteiger partial charge in [0.2, 0.25) is 5.91 Å². The molecular weight excluding hydrogens is 276 g/mol. The van der Waals surface area contributed by atoms with Gasteiger partial charge in [-0.15, -0.1) is 0 Å². The molecule has 0 saturated carbocycles. The molecule has 6 heteroatoms. The normalized spacial score (nSPS) is 12.0. The van der Waals surface area contributed by atoms with Crippen LogP contribution < -0.4 is 5.32 Å². The summed E-state index contributed by atoms with van der Waals surface area (Å²) in [4.78, 5) is 27.2. The molecule has 1 amide bonds. The molecule has 0 spiro atoms. The Hall–Kier alpha value is -1.56. The monoisotopic (exact) mass is 296 g/mol.